The van der Waals surface area contributed by atoms with Crippen molar-refractivity contribution in [2.75, 3.05) is 11.9 Å². The highest BCUT2D eigenvalue weighted by Crippen LogP contribution is 2.15. The van der Waals surface area contributed by atoms with E-state index in [1.165, 1.54) is 12.1 Å². The molecule has 0 aliphatic carbocycles. The first-order valence-corrected chi connectivity index (χ1v) is 11.7. The number of carbonyl (C=O) groups is 2. The van der Waals surface area contributed by atoms with Crippen LogP contribution in [0.25, 0.3) is 0 Å². The highest BCUT2D eigenvalue weighted by Gasteiger charge is 2.28. The number of carbonyl (C=O) groups excluding carboxylic acids is 2. The van der Waals surface area contributed by atoms with Crippen molar-refractivity contribution < 1.29 is 22.4 Å². The third-order valence-electron chi connectivity index (χ3n) is 4.57. The lowest BCUT2D eigenvalue weighted by molar-refractivity contribution is -0.125. The molecule has 0 bridgehead atoms. The molecule has 1 atom stereocenters. The fourth-order valence-electron chi connectivity index (χ4n) is 2.98. The van der Waals surface area contributed by atoms with Gasteiger partial charge in [-0.25, -0.2) is 12.8 Å². The molecule has 0 spiro atoms. The zero-order valence-corrected chi connectivity index (χ0v) is 18.9. The van der Waals surface area contributed by atoms with Gasteiger partial charge in [0.25, 0.3) is 0 Å². The standard InChI is InChI=1S/C23H21ClFN3O4S/c24-17-10-12-18(13-11-17)27-22(29)15-26-23(30)20(14-16-6-2-1-3-7-16)28-33(31,32)21-9-5-4-8-19(21)25/h1-13,20,28H,14-15H2,(H,26,30)(H,27,29). The van der Waals surface area contributed by atoms with Gasteiger partial charge in [0.2, 0.25) is 21.8 Å². The van der Waals surface area contributed by atoms with E-state index in [0.29, 0.717) is 16.3 Å². The molecule has 0 fully saturated rings. The van der Waals surface area contributed by atoms with E-state index >= 15 is 0 Å². The molecular formula is C23H21ClFN3O4S. The minimum atomic E-state index is -4.35. The van der Waals surface area contributed by atoms with Gasteiger partial charge < -0.3 is 10.6 Å². The number of hydrogen-bond donors (Lipinski definition) is 3. The summed E-state index contributed by atoms with van der Waals surface area (Å²) in [4.78, 5) is 24.4. The largest absolute Gasteiger partial charge is 0.346 e. The number of hydrogen-bond acceptors (Lipinski definition) is 4. The fourth-order valence-corrected chi connectivity index (χ4v) is 4.38. The maximum absolute atomic E-state index is 14.1. The van der Waals surface area contributed by atoms with Gasteiger partial charge in [-0.1, -0.05) is 54.1 Å². The Morgan fingerprint density at radius 2 is 1.55 bits per heavy atom. The second-order valence-corrected chi connectivity index (χ2v) is 9.19. The second kappa shape index (κ2) is 11.0. The van der Waals surface area contributed by atoms with Crippen molar-refractivity contribution in [2.45, 2.75) is 17.4 Å². The molecule has 3 N–H and O–H groups in total. The molecular weight excluding hydrogens is 469 g/mol. The van der Waals surface area contributed by atoms with E-state index in [1.54, 1.807) is 54.6 Å². The van der Waals surface area contributed by atoms with Crippen molar-refractivity contribution in [3.8, 4) is 0 Å². The Hall–Kier alpha value is -3.27. The Balaban J connectivity index is 1.71. The lowest BCUT2D eigenvalue weighted by Crippen LogP contribution is -2.49. The van der Waals surface area contributed by atoms with Crippen LogP contribution in [-0.2, 0) is 26.0 Å². The van der Waals surface area contributed by atoms with Gasteiger partial charge in [0.15, 0.2) is 0 Å². The van der Waals surface area contributed by atoms with Crippen molar-refractivity contribution in [1.29, 1.82) is 0 Å². The summed E-state index contributed by atoms with van der Waals surface area (Å²) in [5.41, 5.74) is 1.17. The summed E-state index contributed by atoms with van der Waals surface area (Å²) in [5, 5.41) is 5.53. The summed E-state index contributed by atoms with van der Waals surface area (Å²) in [6.45, 7) is -0.395. The molecule has 10 heteroatoms. The van der Waals surface area contributed by atoms with Crippen LogP contribution in [0.3, 0.4) is 0 Å². The average Bonchev–Trinajstić information content (AvgIpc) is 2.79. The van der Waals surface area contributed by atoms with E-state index in [2.05, 4.69) is 15.4 Å². The lowest BCUT2D eigenvalue weighted by atomic mass is 10.1. The monoisotopic (exact) mass is 489 g/mol. The van der Waals surface area contributed by atoms with Crippen LogP contribution >= 0.6 is 11.6 Å². The Morgan fingerprint density at radius 1 is 0.909 bits per heavy atom. The molecule has 3 rings (SSSR count). The second-order valence-electron chi connectivity index (χ2n) is 7.07. The van der Waals surface area contributed by atoms with Crippen LogP contribution < -0.4 is 15.4 Å². The summed E-state index contributed by atoms with van der Waals surface area (Å²) in [5.74, 6) is -2.18. The van der Waals surface area contributed by atoms with Crippen molar-refractivity contribution in [3.63, 3.8) is 0 Å². The van der Waals surface area contributed by atoms with Gasteiger partial charge in [-0.15, -0.1) is 0 Å². The molecule has 33 heavy (non-hydrogen) atoms. The van der Waals surface area contributed by atoms with Gasteiger partial charge in [0, 0.05) is 10.7 Å². The summed E-state index contributed by atoms with van der Waals surface area (Å²) in [6, 6.07) is 18.7. The predicted molar refractivity (Wildman–Crippen MR) is 124 cm³/mol. The molecule has 3 aromatic carbocycles. The number of halogens is 2. The van der Waals surface area contributed by atoms with E-state index in [9.17, 15) is 22.4 Å². The zero-order valence-electron chi connectivity index (χ0n) is 17.3. The first-order valence-electron chi connectivity index (χ1n) is 9.88. The molecule has 0 saturated carbocycles. The number of amides is 2. The summed E-state index contributed by atoms with van der Waals surface area (Å²) < 4.78 is 41.8. The maximum atomic E-state index is 14.1. The fraction of sp³-hybridized carbons (Fsp3) is 0.130. The minimum absolute atomic E-state index is 0.000834. The van der Waals surface area contributed by atoms with Crippen molar-refractivity contribution >= 4 is 39.1 Å². The average molecular weight is 490 g/mol. The zero-order chi connectivity index (χ0) is 23.8. The first-order chi connectivity index (χ1) is 15.7. The Kier molecular flexibility index (Phi) is 8.16. The van der Waals surface area contributed by atoms with Crippen LogP contribution in [0.1, 0.15) is 5.56 Å². The Labute approximate surface area is 196 Å². The molecule has 0 aliphatic heterocycles. The van der Waals surface area contributed by atoms with E-state index in [1.807, 2.05) is 0 Å². The smallest absolute Gasteiger partial charge is 0.244 e. The molecule has 0 aliphatic rings. The van der Waals surface area contributed by atoms with Gasteiger partial charge in [-0.05, 0) is 48.4 Å². The van der Waals surface area contributed by atoms with Gasteiger partial charge >= 0.3 is 0 Å². The van der Waals surface area contributed by atoms with Crippen LogP contribution in [-0.4, -0.2) is 32.8 Å². The predicted octanol–water partition coefficient (Wildman–Crippen LogP) is 3.12. The van der Waals surface area contributed by atoms with E-state index in [0.717, 1.165) is 12.1 Å². The lowest BCUT2D eigenvalue weighted by Gasteiger charge is -2.19. The summed E-state index contributed by atoms with van der Waals surface area (Å²) in [7, 11) is -4.35. The van der Waals surface area contributed by atoms with E-state index in [-0.39, 0.29) is 6.42 Å². The van der Waals surface area contributed by atoms with Crippen LogP contribution in [0.15, 0.2) is 83.8 Å². The highest BCUT2D eigenvalue weighted by atomic mass is 35.5. The first kappa shape index (κ1) is 24.4. The van der Waals surface area contributed by atoms with Crippen molar-refractivity contribution in [3.05, 3.63) is 95.3 Å². The van der Waals surface area contributed by atoms with Gasteiger partial charge in [-0.3, -0.25) is 9.59 Å². The van der Waals surface area contributed by atoms with Crippen molar-refractivity contribution in [1.82, 2.24) is 10.0 Å². The molecule has 0 heterocycles. The molecule has 0 saturated heterocycles. The van der Waals surface area contributed by atoms with E-state index in [4.69, 9.17) is 11.6 Å². The number of benzene rings is 3. The third kappa shape index (κ3) is 7.11. The third-order valence-corrected chi connectivity index (χ3v) is 6.33. The van der Waals surface area contributed by atoms with Crippen LogP contribution in [0.5, 0.6) is 0 Å². The van der Waals surface area contributed by atoms with Crippen LogP contribution in [0.2, 0.25) is 5.02 Å². The summed E-state index contributed by atoms with van der Waals surface area (Å²) in [6.07, 6.45) is -0.000834. The Bertz CT molecular complexity index is 1220. The molecule has 0 radical (unpaired) electrons. The topological polar surface area (TPSA) is 104 Å². The molecule has 1 unspecified atom stereocenters. The Morgan fingerprint density at radius 3 is 2.21 bits per heavy atom. The van der Waals surface area contributed by atoms with Crippen LogP contribution in [0.4, 0.5) is 10.1 Å². The normalized spacial score (nSPS) is 12.1. The molecule has 0 aromatic heterocycles. The summed E-state index contributed by atoms with van der Waals surface area (Å²) >= 11 is 5.81. The maximum Gasteiger partial charge on any atom is 0.244 e. The quantitative estimate of drug-likeness (QED) is 0.429. The SMILES string of the molecule is O=C(CNC(=O)C(Cc1ccccc1)NS(=O)(=O)c1ccccc1F)Nc1ccc(Cl)cc1. The molecule has 2 amide bonds. The molecule has 172 valence electrons. The van der Waals surface area contributed by atoms with Crippen molar-refractivity contribution in [2.24, 2.45) is 0 Å². The molecule has 7 nitrogen and oxygen atoms in total. The number of nitrogens with one attached hydrogen (secondary N) is 3. The number of rotatable bonds is 9. The van der Waals surface area contributed by atoms with Gasteiger partial charge in [0.1, 0.15) is 16.8 Å². The van der Waals surface area contributed by atoms with Gasteiger partial charge in [0.05, 0.1) is 6.54 Å². The number of anilines is 1. The van der Waals surface area contributed by atoms with Gasteiger partial charge in [-0.2, -0.15) is 4.72 Å². The number of sulfonamides is 1. The molecule has 3 aromatic rings. The minimum Gasteiger partial charge on any atom is -0.346 e. The van der Waals surface area contributed by atoms with E-state index < -0.39 is 45.1 Å². The van der Waals surface area contributed by atoms with Crippen LogP contribution in [0, 0.1) is 5.82 Å². The highest BCUT2D eigenvalue weighted by molar-refractivity contribution is 7.89.